The fourth-order valence-corrected chi connectivity index (χ4v) is 4.59. The molecule has 0 radical (unpaired) electrons. The highest BCUT2D eigenvalue weighted by molar-refractivity contribution is 7.91. The lowest BCUT2D eigenvalue weighted by molar-refractivity contribution is -0.123. The molecular weight excluding hydrogens is 314 g/mol. The highest BCUT2D eigenvalue weighted by Gasteiger charge is 2.27. The van der Waals surface area contributed by atoms with Crippen molar-refractivity contribution < 1.29 is 17.9 Å². The highest BCUT2D eigenvalue weighted by atomic mass is 32.2. The molecule has 0 spiro atoms. The van der Waals surface area contributed by atoms with Crippen LogP contribution in [0, 0.1) is 5.92 Å². The molecule has 23 heavy (non-hydrogen) atoms. The SMILES string of the molecule is CCC(C)c1ccccc1OCC(=O)NCC1CCS(=O)(=O)C1. The average Bonchev–Trinajstić information content (AvgIpc) is 2.89. The van der Waals surface area contributed by atoms with Crippen LogP contribution in [0.2, 0.25) is 0 Å². The van der Waals surface area contributed by atoms with E-state index < -0.39 is 9.84 Å². The Balaban J connectivity index is 1.81. The first-order chi connectivity index (χ1) is 10.9. The second-order valence-corrected chi connectivity index (χ2v) is 8.44. The molecule has 1 amide bonds. The average molecular weight is 339 g/mol. The van der Waals surface area contributed by atoms with E-state index in [1.165, 1.54) is 0 Å². The predicted octanol–water partition coefficient (Wildman–Crippen LogP) is 2.13. The molecule has 6 heteroatoms. The molecule has 2 atom stereocenters. The topological polar surface area (TPSA) is 72.5 Å². The first-order valence-corrected chi connectivity index (χ1v) is 9.92. The molecule has 1 aliphatic rings. The van der Waals surface area contributed by atoms with E-state index in [2.05, 4.69) is 19.2 Å². The van der Waals surface area contributed by atoms with Gasteiger partial charge >= 0.3 is 0 Å². The van der Waals surface area contributed by atoms with Crippen molar-refractivity contribution in [3.05, 3.63) is 29.8 Å². The quantitative estimate of drug-likeness (QED) is 0.826. The van der Waals surface area contributed by atoms with E-state index in [0.29, 0.717) is 18.9 Å². The van der Waals surface area contributed by atoms with Crippen molar-refractivity contribution in [3.8, 4) is 5.75 Å². The van der Waals surface area contributed by atoms with Crippen LogP contribution in [-0.4, -0.2) is 39.0 Å². The molecule has 0 bridgehead atoms. The fraction of sp³-hybridized carbons (Fsp3) is 0.588. The summed E-state index contributed by atoms with van der Waals surface area (Å²) in [6.07, 6.45) is 1.63. The number of sulfone groups is 1. The van der Waals surface area contributed by atoms with Crippen LogP contribution in [0.4, 0.5) is 0 Å². The van der Waals surface area contributed by atoms with Crippen molar-refractivity contribution in [1.82, 2.24) is 5.32 Å². The van der Waals surface area contributed by atoms with Crippen molar-refractivity contribution in [2.45, 2.75) is 32.6 Å². The molecule has 0 aliphatic carbocycles. The number of ether oxygens (including phenoxy) is 1. The Hall–Kier alpha value is -1.56. The number of amides is 1. The van der Waals surface area contributed by atoms with Crippen LogP contribution < -0.4 is 10.1 Å². The van der Waals surface area contributed by atoms with Crippen molar-refractivity contribution in [3.63, 3.8) is 0 Å². The van der Waals surface area contributed by atoms with Gasteiger partial charge in [0.05, 0.1) is 11.5 Å². The Morgan fingerprint density at radius 3 is 2.78 bits per heavy atom. The lowest BCUT2D eigenvalue weighted by atomic mass is 9.98. The third-order valence-corrected chi connectivity index (χ3v) is 6.17. The minimum Gasteiger partial charge on any atom is -0.483 e. The predicted molar refractivity (Wildman–Crippen MR) is 90.4 cm³/mol. The summed E-state index contributed by atoms with van der Waals surface area (Å²) in [6.45, 7) is 4.59. The van der Waals surface area contributed by atoms with Gasteiger partial charge in [-0.05, 0) is 36.3 Å². The second kappa shape index (κ2) is 7.81. The van der Waals surface area contributed by atoms with Crippen molar-refractivity contribution in [2.75, 3.05) is 24.7 Å². The second-order valence-electron chi connectivity index (χ2n) is 6.21. The molecule has 1 heterocycles. The summed E-state index contributed by atoms with van der Waals surface area (Å²) in [6, 6.07) is 7.75. The van der Waals surface area contributed by atoms with E-state index >= 15 is 0 Å². The summed E-state index contributed by atoms with van der Waals surface area (Å²) in [5.41, 5.74) is 1.10. The Morgan fingerprint density at radius 2 is 2.13 bits per heavy atom. The largest absolute Gasteiger partial charge is 0.483 e. The lowest BCUT2D eigenvalue weighted by Crippen LogP contribution is -2.33. The third kappa shape index (κ3) is 5.23. The summed E-state index contributed by atoms with van der Waals surface area (Å²) >= 11 is 0. The van der Waals surface area contributed by atoms with Crippen LogP contribution in [0.3, 0.4) is 0 Å². The zero-order valence-corrected chi connectivity index (χ0v) is 14.6. The van der Waals surface area contributed by atoms with Crippen LogP contribution >= 0.6 is 0 Å². The van der Waals surface area contributed by atoms with Crippen LogP contribution in [-0.2, 0) is 14.6 Å². The standard InChI is InChI=1S/C17H25NO4S/c1-3-13(2)15-6-4-5-7-16(15)22-11-17(19)18-10-14-8-9-23(20,21)12-14/h4-7,13-14H,3,8-12H2,1-2H3,(H,18,19). The number of hydrogen-bond donors (Lipinski definition) is 1. The van der Waals surface area contributed by atoms with Gasteiger partial charge in [0.15, 0.2) is 16.4 Å². The molecule has 1 fully saturated rings. The Morgan fingerprint density at radius 1 is 1.39 bits per heavy atom. The van der Waals surface area contributed by atoms with E-state index in [1.807, 2.05) is 24.3 Å². The van der Waals surface area contributed by atoms with Crippen LogP contribution in [0.15, 0.2) is 24.3 Å². The molecule has 0 saturated carbocycles. The van der Waals surface area contributed by atoms with Crippen LogP contribution in [0.1, 0.15) is 38.2 Å². The third-order valence-electron chi connectivity index (χ3n) is 4.34. The lowest BCUT2D eigenvalue weighted by Gasteiger charge is -2.16. The maximum atomic E-state index is 11.9. The van der Waals surface area contributed by atoms with Crippen molar-refractivity contribution in [1.29, 1.82) is 0 Å². The minimum atomic E-state index is -2.90. The van der Waals surface area contributed by atoms with Gasteiger partial charge in [-0.3, -0.25) is 4.79 Å². The summed E-state index contributed by atoms with van der Waals surface area (Å²) in [5, 5.41) is 2.77. The number of rotatable bonds is 7. The van der Waals surface area contributed by atoms with Gasteiger partial charge < -0.3 is 10.1 Å². The first-order valence-electron chi connectivity index (χ1n) is 8.10. The Bertz CT molecular complexity index is 642. The number of carbonyl (C=O) groups is 1. The van der Waals surface area contributed by atoms with E-state index in [9.17, 15) is 13.2 Å². The first kappa shape index (κ1) is 17.8. The van der Waals surface area contributed by atoms with Gasteiger partial charge in [-0.1, -0.05) is 32.0 Å². The number of nitrogens with one attached hydrogen (secondary N) is 1. The van der Waals surface area contributed by atoms with E-state index in [4.69, 9.17) is 4.74 Å². The van der Waals surface area contributed by atoms with Crippen molar-refractivity contribution >= 4 is 15.7 Å². The molecular formula is C17H25NO4S. The maximum absolute atomic E-state index is 11.9. The summed E-state index contributed by atoms with van der Waals surface area (Å²) < 4.78 is 28.4. The molecule has 1 aliphatic heterocycles. The molecule has 2 unspecified atom stereocenters. The molecule has 1 saturated heterocycles. The molecule has 2 rings (SSSR count). The van der Waals surface area contributed by atoms with E-state index in [0.717, 1.165) is 17.7 Å². The molecule has 0 aromatic heterocycles. The number of carbonyl (C=O) groups excluding carboxylic acids is 1. The zero-order chi connectivity index (χ0) is 16.9. The van der Waals surface area contributed by atoms with Crippen LogP contribution in [0.25, 0.3) is 0 Å². The van der Waals surface area contributed by atoms with Gasteiger partial charge in [-0.15, -0.1) is 0 Å². The Labute approximate surface area is 138 Å². The monoisotopic (exact) mass is 339 g/mol. The van der Waals surface area contributed by atoms with Gasteiger partial charge in [0.25, 0.3) is 5.91 Å². The van der Waals surface area contributed by atoms with Gasteiger partial charge in [-0.2, -0.15) is 0 Å². The number of hydrogen-bond acceptors (Lipinski definition) is 4. The molecule has 5 nitrogen and oxygen atoms in total. The van der Waals surface area contributed by atoms with E-state index in [1.54, 1.807) is 0 Å². The number of benzene rings is 1. The van der Waals surface area contributed by atoms with Gasteiger partial charge in [-0.25, -0.2) is 8.42 Å². The molecule has 1 N–H and O–H groups in total. The summed E-state index contributed by atoms with van der Waals surface area (Å²) in [7, 11) is -2.90. The molecule has 1 aromatic carbocycles. The summed E-state index contributed by atoms with van der Waals surface area (Å²) in [4.78, 5) is 11.9. The Kier molecular flexibility index (Phi) is 6.04. The van der Waals surface area contributed by atoms with Gasteiger partial charge in [0.2, 0.25) is 0 Å². The molecule has 1 aromatic rings. The normalized spacial score (nSPS) is 20.9. The maximum Gasteiger partial charge on any atom is 0.257 e. The summed E-state index contributed by atoms with van der Waals surface area (Å²) in [5.74, 6) is 1.32. The van der Waals surface area contributed by atoms with Gasteiger partial charge in [0, 0.05) is 6.54 Å². The highest BCUT2D eigenvalue weighted by Crippen LogP contribution is 2.28. The minimum absolute atomic E-state index is 0.0244. The zero-order valence-electron chi connectivity index (χ0n) is 13.7. The fourth-order valence-electron chi connectivity index (χ4n) is 2.72. The number of para-hydroxylation sites is 1. The molecule has 128 valence electrons. The van der Waals surface area contributed by atoms with E-state index in [-0.39, 0.29) is 29.9 Å². The van der Waals surface area contributed by atoms with Crippen LogP contribution in [0.5, 0.6) is 5.75 Å². The van der Waals surface area contributed by atoms with Gasteiger partial charge in [0.1, 0.15) is 5.75 Å². The smallest absolute Gasteiger partial charge is 0.257 e. The van der Waals surface area contributed by atoms with Crippen molar-refractivity contribution in [2.24, 2.45) is 5.92 Å².